The van der Waals surface area contributed by atoms with Crippen molar-refractivity contribution in [1.82, 2.24) is 19.5 Å². The van der Waals surface area contributed by atoms with Crippen molar-refractivity contribution in [2.24, 2.45) is 0 Å². The van der Waals surface area contributed by atoms with Crippen molar-refractivity contribution in [2.75, 3.05) is 5.75 Å². The van der Waals surface area contributed by atoms with Crippen LogP contribution in [0.2, 0.25) is 0 Å². The van der Waals surface area contributed by atoms with Crippen molar-refractivity contribution < 1.29 is 0 Å². The van der Waals surface area contributed by atoms with E-state index in [2.05, 4.69) is 19.5 Å². The summed E-state index contributed by atoms with van der Waals surface area (Å²) < 4.78 is 2.15. The predicted molar refractivity (Wildman–Crippen MR) is 80.4 cm³/mol. The molecule has 0 atom stereocenters. The molecular weight excluding hydrogens is 268 g/mol. The van der Waals surface area contributed by atoms with Gasteiger partial charge in [0.15, 0.2) is 0 Å². The molecular formula is C15H14N4S. The molecule has 3 heterocycles. The van der Waals surface area contributed by atoms with Crippen LogP contribution in [0, 0.1) is 0 Å². The quantitative estimate of drug-likeness (QED) is 0.674. The second kappa shape index (κ2) is 6.34. The molecule has 0 saturated carbocycles. The van der Waals surface area contributed by atoms with E-state index in [1.807, 2.05) is 55.1 Å². The molecule has 5 heteroatoms. The highest BCUT2D eigenvalue weighted by Crippen LogP contribution is 2.18. The van der Waals surface area contributed by atoms with E-state index in [0.29, 0.717) is 0 Å². The van der Waals surface area contributed by atoms with Crippen molar-refractivity contribution in [1.29, 1.82) is 0 Å². The summed E-state index contributed by atoms with van der Waals surface area (Å²) in [6, 6.07) is 9.92. The second-order valence-electron chi connectivity index (χ2n) is 4.20. The third-order valence-corrected chi connectivity index (χ3v) is 3.78. The summed E-state index contributed by atoms with van der Waals surface area (Å²) in [5, 5.41) is 1.05. The summed E-state index contributed by atoms with van der Waals surface area (Å²) in [4.78, 5) is 12.9. The van der Waals surface area contributed by atoms with Gasteiger partial charge >= 0.3 is 0 Å². The Morgan fingerprint density at radius 2 is 2.00 bits per heavy atom. The van der Waals surface area contributed by atoms with Crippen LogP contribution < -0.4 is 0 Å². The largest absolute Gasteiger partial charge is 0.330 e. The Hall–Kier alpha value is -2.14. The molecule has 0 amide bonds. The molecule has 100 valence electrons. The van der Waals surface area contributed by atoms with Gasteiger partial charge < -0.3 is 4.57 Å². The molecule has 0 aliphatic heterocycles. The number of nitrogens with zero attached hydrogens (tertiary/aromatic N) is 4. The van der Waals surface area contributed by atoms with Gasteiger partial charge in [-0.2, -0.15) is 0 Å². The first-order valence-electron chi connectivity index (χ1n) is 6.39. The average molecular weight is 282 g/mol. The van der Waals surface area contributed by atoms with Crippen LogP contribution in [0.15, 0.2) is 66.3 Å². The third kappa shape index (κ3) is 3.05. The van der Waals surface area contributed by atoms with Crippen LogP contribution in [0.3, 0.4) is 0 Å². The molecule has 3 aromatic heterocycles. The summed E-state index contributed by atoms with van der Waals surface area (Å²) >= 11 is 1.75. The summed E-state index contributed by atoms with van der Waals surface area (Å²) in [5.41, 5.74) is 1.04. The van der Waals surface area contributed by atoms with Gasteiger partial charge in [0, 0.05) is 48.8 Å². The van der Waals surface area contributed by atoms with Gasteiger partial charge in [0.2, 0.25) is 0 Å². The SMILES string of the molecule is c1ccc(SCCn2ccnc2-c2cccnc2)nc1. The van der Waals surface area contributed by atoms with Crippen molar-refractivity contribution in [3.8, 4) is 11.4 Å². The molecule has 3 rings (SSSR count). The minimum atomic E-state index is 0.894. The zero-order chi connectivity index (χ0) is 13.6. The number of aromatic nitrogens is 4. The van der Waals surface area contributed by atoms with Gasteiger partial charge in [-0.25, -0.2) is 9.97 Å². The van der Waals surface area contributed by atoms with Gasteiger partial charge in [-0.3, -0.25) is 4.98 Å². The molecule has 0 saturated heterocycles. The van der Waals surface area contributed by atoms with E-state index in [-0.39, 0.29) is 0 Å². The fourth-order valence-electron chi connectivity index (χ4n) is 1.93. The van der Waals surface area contributed by atoms with Crippen LogP contribution in [0.25, 0.3) is 11.4 Å². The Labute approximate surface area is 121 Å². The van der Waals surface area contributed by atoms with Gasteiger partial charge in [0.25, 0.3) is 0 Å². The first-order valence-corrected chi connectivity index (χ1v) is 7.37. The number of hydrogen-bond donors (Lipinski definition) is 0. The van der Waals surface area contributed by atoms with Crippen LogP contribution in [0.4, 0.5) is 0 Å². The molecule has 0 spiro atoms. The van der Waals surface area contributed by atoms with Crippen molar-refractivity contribution >= 4 is 11.8 Å². The first-order chi connectivity index (χ1) is 9.93. The fourth-order valence-corrected chi connectivity index (χ4v) is 2.73. The molecule has 0 aliphatic carbocycles. The van der Waals surface area contributed by atoms with E-state index in [1.165, 1.54) is 0 Å². The zero-order valence-electron chi connectivity index (χ0n) is 10.9. The number of thioether (sulfide) groups is 1. The molecule has 0 aromatic carbocycles. The molecule has 0 unspecified atom stereocenters. The molecule has 0 radical (unpaired) electrons. The molecule has 0 N–H and O–H groups in total. The highest BCUT2D eigenvalue weighted by atomic mass is 32.2. The van der Waals surface area contributed by atoms with Crippen molar-refractivity contribution in [3.63, 3.8) is 0 Å². The molecule has 3 aromatic rings. The number of rotatable bonds is 5. The molecule has 20 heavy (non-hydrogen) atoms. The lowest BCUT2D eigenvalue weighted by molar-refractivity contribution is 0.778. The van der Waals surface area contributed by atoms with E-state index >= 15 is 0 Å². The maximum Gasteiger partial charge on any atom is 0.141 e. The van der Waals surface area contributed by atoms with Crippen LogP contribution >= 0.6 is 11.8 Å². The Balaban J connectivity index is 1.66. The van der Waals surface area contributed by atoms with E-state index in [4.69, 9.17) is 0 Å². The smallest absolute Gasteiger partial charge is 0.141 e. The summed E-state index contributed by atoms with van der Waals surface area (Å²) in [6.45, 7) is 0.894. The molecule has 4 nitrogen and oxygen atoms in total. The summed E-state index contributed by atoms with van der Waals surface area (Å²) in [7, 11) is 0. The summed E-state index contributed by atoms with van der Waals surface area (Å²) in [6.07, 6.45) is 9.26. The van der Waals surface area contributed by atoms with E-state index < -0.39 is 0 Å². The Morgan fingerprint density at radius 1 is 1.00 bits per heavy atom. The number of pyridine rings is 2. The Morgan fingerprint density at radius 3 is 2.80 bits per heavy atom. The maximum absolute atomic E-state index is 4.41. The van der Waals surface area contributed by atoms with Crippen LogP contribution in [-0.4, -0.2) is 25.3 Å². The fraction of sp³-hybridized carbons (Fsp3) is 0.133. The molecule has 0 bridgehead atoms. The Bertz CT molecular complexity index is 652. The minimum absolute atomic E-state index is 0.894. The lowest BCUT2D eigenvalue weighted by atomic mass is 10.3. The van der Waals surface area contributed by atoms with Gasteiger partial charge in [-0.1, -0.05) is 6.07 Å². The predicted octanol–water partition coefficient (Wildman–Crippen LogP) is 3.13. The highest BCUT2D eigenvalue weighted by Gasteiger charge is 2.05. The van der Waals surface area contributed by atoms with E-state index in [0.717, 1.165) is 28.7 Å². The van der Waals surface area contributed by atoms with E-state index in [9.17, 15) is 0 Å². The molecule has 0 fully saturated rings. The van der Waals surface area contributed by atoms with Gasteiger partial charge in [-0.05, 0) is 24.3 Å². The number of aryl methyl sites for hydroxylation is 1. The standard InChI is InChI=1S/C15H14N4S/c1-2-7-17-14(5-1)20-11-10-19-9-8-18-15(19)13-4-3-6-16-12-13/h1-9,12H,10-11H2. The monoisotopic (exact) mass is 282 g/mol. The maximum atomic E-state index is 4.41. The third-order valence-electron chi connectivity index (χ3n) is 2.86. The second-order valence-corrected chi connectivity index (χ2v) is 5.32. The lowest BCUT2D eigenvalue weighted by Crippen LogP contribution is -2.02. The molecule has 0 aliphatic rings. The summed E-state index contributed by atoms with van der Waals surface area (Å²) in [5.74, 6) is 1.92. The lowest BCUT2D eigenvalue weighted by Gasteiger charge is -2.07. The topological polar surface area (TPSA) is 43.6 Å². The van der Waals surface area contributed by atoms with Crippen LogP contribution in [0.5, 0.6) is 0 Å². The average Bonchev–Trinajstić information content (AvgIpc) is 2.98. The normalized spacial score (nSPS) is 10.6. The van der Waals surface area contributed by atoms with Gasteiger partial charge in [0.1, 0.15) is 5.82 Å². The number of hydrogen-bond acceptors (Lipinski definition) is 4. The van der Waals surface area contributed by atoms with Gasteiger partial charge in [-0.15, -0.1) is 11.8 Å². The zero-order valence-corrected chi connectivity index (χ0v) is 11.7. The first kappa shape index (κ1) is 12.9. The van der Waals surface area contributed by atoms with Gasteiger partial charge in [0.05, 0.1) is 5.03 Å². The van der Waals surface area contributed by atoms with Crippen molar-refractivity contribution in [2.45, 2.75) is 11.6 Å². The van der Waals surface area contributed by atoms with E-state index in [1.54, 1.807) is 18.0 Å². The highest BCUT2D eigenvalue weighted by molar-refractivity contribution is 7.99. The number of imidazole rings is 1. The van der Waals surface area contributed by atoms with Crippen LogP contribution in [-0.2, 0) is 6.54 Å². The van der Waals surface area contributed by atoms with Crippen LogP contribution in [0.1, 0.15) is 0 Å². The Kier molecular flexibility index (Phi) is 4.08. The van der Waals surface area contributed by atoms with Crippen molar-refractivity contribution in [3.05, 3.63) is 61.3 Å². The minimum Gasteiger partial charge on any atom is -0.330 e.